The van der Waals surface area contributed by atoms with Gasteiger partial charge in [0.15, 0.2) is 0 Å². The third-order valence-corrected chi connectivity index (χ3v) is 4.23. The Morgan fingerprint density at radius 2 is 2.00 bits per heavy atom. The summed E-state index contributed by atoms with van der Waals surface area (Å²) in [6, 6.07) is 0.595. The second kappa shape index (κ2) is 4.64. The molecule has 0 saturated heterocycles. The van der Waals surface area contributed by atoms with Gasteiger partial charge in [-0.25, -0.2) is 0 Å². The van der Waals surface area contributed by atoms with Crippen LogP contribution in [0, 0.1) is 5.41 Å². The van der Waals surface area contributed by atoms with Crippen LogP contribution in [0.15, 0.2) is 24.0 Å². The molecule has 1 unspecified atom stereocenters. The Bertz CT molecular complexity index is 358. The van der Waals surface area contributed by atoms with E-state index in [-0.39, 0.29) is 5.54 Å². The highest BCUT2D eigenvalue weighted by molar-refractivity contribution is 5.16. The molecular formula is C16H28N2. The summed E-state index contributed by atoms with van der Waals surface area (Å²) in [6.07, 6.45) is 10.4. The Morgan fingerprint density at radius 1 is 1.28 bits per heavy atom. The molecule has 18 heavy (non-hydrogen) atoms. The highest BCUT2D eigenvalue weighted by Gasteiger charge is 2.32. The van der Waals surface area contributed by atoms with E-state index >= 15 is 0 Å². The van der Waals surface area contributed by atoms with Gasteiger partial charge in [-0.05, 0) is 38.3 Å². The molecule has 0 radical (unpaired) electrons. The summed E-state index contributed by atoms with van der Waals surface area (Å²) < 4.78 is 0. The molecule has 0 saturated carbocycles. The SMILES string of the molecule is CC(C)(C)C1CC=C(CC(C)(C)N2C=CCC2)N1. The Labute approximate surface area is 112 Å². The van der Waals surface area contributed by atoms with E-state index in [0.29, 0.717) is 11.5 Å². The van der Waals surface area contributed by atoms with Crippen LogP contribution in [0.3, 0.4) is 0 Å². The van der Waals surface area contributed by atoms with Gasteiger partial charge in [0, 0.05) is 30.2 Å². The molecule has 0 fully saturated rings. The first-order valence-electron chi connectivity index (χ1n) is 7.18. The van der Waals surface area contributed by atoms with Crippen LogP contribution >= 0.6 is 0 Å². The van der Waals surface area contributed by atoms with Gasteiger partial charge in [-0.1, -0.05) is 32.9 Å². The lowest BCUT2D eigenvalue weighted by molar-refractivity contribution is 0.193. The van der Waals surface area contributed by atoms with Gasteiger partial charge in [-0.15, -0.1) is 0 Å². The van der Waals surface area contributed by atoms with Crippen molar-refractivity contribution in [3.05, 3.63) is 24.0 Å². The zero-order valence-electron chi connectivity index (χ0n) is 12.6. The molecule has 2 aliphatic rings. The number of nitrogens with one attached hydrogen (secondary N) is 1. The Hall–Kier alpha value is -0.920. The van der Waals surface area contributed by atoms with Crippen LogP contribution in [0.25, 0.3) is 0 Å². The second-order valence-corrected chi connectivity index (χ2v) is 7.38. The summed E-state index contributed by atoms with van der Waals surface area (Å²) in [5.74, 6) is 0. The minimum absolute atomic E-state index is 0.221. The average molecular weight is 248 g/mol. The summed E-state index contributed by atoms with van der Waals surface area (Å²) in [6.45, 7) is 12.8. The predicted molar refractivity (Wildman–Crippen MR) is 78.2 cm³/mol. The maximum atomic E-state index is 3.72. The Morgan fingerprint density at radius 3 is 2.50 bits per heavy atom. The standard InChI is InChI=1S/C16H28N2/c1-15(2,3)14-9-8-13(17-14)12-16(4,5)18-10-6-7-11-18/h6,8,10,14,17H,7,9,11-12H2,1-5H3. The number of nitrogens with zero attached hydrogens (tertiary/aromatic N) is 1. The van der Waals surface area contributed by atoms with E-state index < -0.39 is 0 Å². The summed E-state index contributed by atoms with van der Waals surface area (Å²) in [7, 11) is 0. The van der Waals surface area contributed by atoms with Crippen LogP contribution in [0.1, 0.15) is 53.9 Å². The quantitative estimate of drug-likeness (QED) is 0.820. The first-order valence-corrected chi connectivity index (χ1v) is 7.18. The lowest BCUT2D eigenvalue weighted by Crippen LogP contribution is -2.42. The molecule has 2 aliphatic heterocycles. The third kappa shape index (κ3) is 2.90. The van der Waals surface area contributed by atoms with Crippen molar-refractivity contribution in [3.63, 3.8) is 0 Å². The summed E-state index contributed by atoms with van der Waals surface area (Å²) >= 11 is 0. The molecule has 2 nitrogen and oxygen atoms in total. The maximum absolute atomic E-state index is 3.72. The third-order valence-electron chi connectivity index (χ3n) is 4.23. The van der Waals surface area contributed by atoms with E-state index in [2.05, 4.69) is 63.2 Å². The lowest BCUT2D eigenvalue weighted by atomic mass is 9.86. The zero-order valence-corrected chi connectivity index (χ0v) is 12.6. The second-order valence-electron chi connectivity index (χ2n) is 7.38. The van der Waals surface area contributed by atoms with E-state index in [9.17, 15) is 0 Å². The molecule has 102 valence electrons. The fourth-order valence-corrected chi connectivity index (χ4v) is 2.86. The van der Waals surface area contributed by atoms with Crippen LogP contribution in [0.5, 0.6) is 0 Å². The summed E-state index contributed by atoms with van der Waals surface area (Å²) in [4.78, 5) is 2.47. The average Bonchev–Trinajstić information content (AvgIpc) is 2.83. The van der Waals surface area contributed by atoms with Crippen LogP contribution in [0.2, 0.25) is 0 Å². The van der Waals surface area contributed by atoms with Crippen molar-refractivity contribution in [2.45, 2.75) is 65.5 Å². The first kappa shape index (κ1) is 13.5. The predicted octanol–water partition coefficient (Wildman–Crippen LogP) is 3.67. The highest BCUT2D eigenvalue weighted by atomic mass is 15.2. The largest absolute Gasteiger partial charge is 0.385 e. The molecule has 0 spiro atoms. The molecule has 0 aliphatic carbocycles. The fourth-order valence-electron chi connectivity index (χ4n) is 2.86. The smallest absolute Gasteiger partial charge is 0.0394 e. The van der Waals surface area contributed by atoms with Crippen LogP contribution in [-0.4, -0.2) is 23.0 Å². The minimum atomic E-state index is 0.221. The van der Waals surface area contributed by atoms with E-state index in [1.807, 2.05) is 0 Å². The molecule has 0 aromatic carbocycles. The van der Waals surface area contributed by atoms with Crippen LogP contribution < -0.4 is 5.32 Å². The van der Waals surface area contributed by atoms with Crippen molar-refractivity contribution in [2.24, 2.45) is 5.41 Å². The van der Waals surface area contributed by atoms with Gasteiger partial charge in [0.25, 0.3) is 0 Å². The fraction of sp³-hybridized carbons (Fsp3) is 0.750. The van der Waals surface area contributed by atoms with E-state index in [0.717, 1.165) is 6.42 Å². The lowest BCUT2D eigenvalue weighted by Gasteiger charge is -2.37. The molecular weight excluding hydrogens is 220 g/mol. The molecule has 1 N–H and O–H groups in total. The van der Waals surface area contributed by atoms with Crippen molar-refractivity contribution < 1.29 is 0 Å². The van der Waals surface area contributed by atoms with Crippen molar-refractivity contribution in [1.29, 1.82) is 0 Å². The van der Waals surface area contributed by atoms with Gasteiger partial charge in [-0.3, -0.25) is 0 Å². The topological polar surface area (TPSA) is 15.3 Å². The number of rotatable bonds is 3. The number of hydrogen-bond acceptors (Lipinski definition) is 2. The van der Waals surface area contributed by atoms with Crippen molar-refractivity contribution >= 4 is 0 Å². The summed E-state index contributed by atoms with van der Waals surface area (Å²) in [5.41, 5.74) is 1.99. The minimum Gasteiger partial charge on any atom is -0.385 e. The van der Waals surface area contributed by atoms with Crippen molar-refractivity contribution in [1.82, 2.24) is 10.2 Å². The van der Waals surface area contributed by atoms with Crippen LogP contribution in [-0.2, 0) is 0 Å². The monoisotopic (exact) mass is 248 g/mol. The van der Waals surface area contributed by atoms with Crippen molar-refractivity contribution in [3.8, 4) is 0 Å². The van der Waals surface area contributed by atoms with Gasteiger partial charge in [0.05, 0.1) is 0 Å². The zero-order chi connectivity index (χ0) is 13.4. The molecule has 0 aromatic heterocycles. The first-order chi connectivity index (χ1) is 8.29. The van der Waals surface area contributed by atoms with Gasteiger partial charge >= 0.3 is 0 Å². The molecule has 2 heterocycles. The van der Waals surface area contributed by atoms with Gasteiger partial charge in [0.2, 0.25) is 0 Å². The van der Waals surface area contributed by atoms with E-state index in [4.69, 9.17) is 0 Å². The van der Waals surface area contributed by atoms with Crippen LogP contribution in [0.4, 0.5) is 0 Å². The normalized spacial score (nSPS) is 24.4. The van der Waals surface area contributed by atoms with E-state index in [1.54, 1.807) is 0 Å². The Kier molecular flexibility index (Phi) is 3.48. The van der Waals surface area contributed by atoms with Crippen molar-refractivity contribution in [2.75, 3.05) is 6.54 Å². The molecule has 2 rings (SSSR count). The van der Waals surface area contributed by atoms with Gasteiger partial charge < -0.3 is 10.2 Å². The molecule has 0 aromatic rings. The maximum Gasteiger partial charge on any atom is 0.0394 e. The summed E-state index contributed by atoms with van der Waals surface area (Å²) in [5, 5.41) is 3.72. The molecule has 1 atom stereocenters. The Balaban J connectivity index is 1.93. The molecule has 0 amide bonds. The molecule has 0 bridgehead atoms. The molecule has 2 heteroatoms. The van der Waals surface area contributed by atoms with E-state index in [1.165, 1.54) is 25.1 Å². The highest BCUT2D eigenvalue weighted by Crippen LogP contribution is 2.32. The number of hydrogen-bond donors (Lipinski definition) is 1. The van der Waals surface area contributed by atoms with Gasteiger partial charge in [0.1, 0.15) is 0 Å². The van der Waals surface area contributed by atoms with Gasteiger partial charge in [-0.2, -0.15) is 0 Å².